The maximum atomic E-state index is 12.2. The quantitative estimate of drug-likeness (QED) is 0.923. The molecule has 0 atom stereocenters. The van der Waals surface area contributed by atoms with Gasteiger partial charge in [-0.2, -0.15) is 0 Å². The second-order valence-electron chi connectivity index (χ2n) is 5.11. The van der Waals surface area contributed by atoms with Crippen LogP contribution in [-0.2, 0) is 4.74 Å². The Labute approximate surface area is 125 Å². The first-order chi connectivity index (χ1) is 9.85. The highest BCUT2D eigenvalue weighted by Crippen LogP contribution is 2.19. The molecule has 0 aromatic heterocycles. The SMILES string of the molecule is COC(=O)Nc1cccc(OC(=O)N(C(C)C)C(C)C)c1. The third-order valence-corrected chi connectivity index (χ3v) is 2.79. The number of ether oxygens (including phenoxy) is 2. The molecule has 0 saturated carbocycles. The summed E-state index contributed by atoms with van der Waals surface area (Å²) in [6.07, 6.45) is -1.00. The van der Waals surface area contributed by atoms with Crippen LogP contribution < -0.4 is 10.1 Å². The second kappa shape index (κ2) is 7.52. The van der Waals surface area contributed by atoms with E-state index in [4.69, 9.17) is 4.74 Å². The Morgan fingerprint density at radius 1 is 1.14 bits per heavy atom. The van der Waals surface area contributed by atoms with Gasteiger partial charge in [-0.15, -0.1) is 0 Å². The molecule has 116 valence electrons. The topological polar surface area (TPSA) is 67.9 Å². The summed E-state index contributed by atoms with van der Waals surface area (Å²) in [6, 6.07) is 6.65. The van der Waals surface area contributed by atoms with E-state index in [2.05, 4.69) is 10.1 Å². The molecule has 1 N–H and O–H groups in total. The lowest BCUT2D eigenvalue weighted by Crippen LogP contribution is -2.43. The van der Waals surface area contributed by atoms with Gasteiger partial charge in [0, 0.05) is 23.8 Å². The zero-order chi connectivity index (χ0) is 16.0. The number of benzene rings is 1. The van der Waals surface area contributed by atoms with E-state index in [0.29, 0.717) is 11.4 Å². The van der Waals surface area contributed by atoms with Gasteiger partial charge in [-0.1, -0.05) is 6.07 Å². The molecule has 6 heteroatoms. The lowest BCUT2D eigenvalue weighted by molar-refractivity contribution is 0.123. The van der Waals surface area contributed by atoms with Crippen molar-refractivity contribution < 1.29 is 19.1 Å². The van der Waals surface area contributed by atoms with Crippen LogP contribution in [-0.4, -0.2) is 36.3 Å². The molecule has 0 aliphatic heterocycles. The smallest absolute Gasteiger partial charge is 0.415 e. The molecule has 1 aromatic carbocycles. The Kier molecular flexibility index (Phi) is 6.02. The molecule has 0 saturated heterocycles. The van der Waals surface area contributed by atoms with E-state index in [1.165, 1.54) is 7.11 Å². The summed E-state index contributed by atoms with van der Waals surface area (Å²) in [5, 5.41) is 2.51. The molecule has 0 spiro atoms. The maximum absolute atomic E-state index is 12.2. The number of methoxy groups -OCH3 is 1. The molecule has 0 heterocycles. The van der Waals surface area contributed by atoms with Crippen molar-refractivity contribution in [1.82, 2.24) is 4.90 Å². The van der Waals surface area contributed by atoms with Crippen LogP contribution in [0.2, 0.25) is 0 Å². The van der Waals surface area contributed by atoms with Crippen LogP contribution in [0, 0.1) is 0 Å². The van der Waals surface area contributed by atoms with Crippen molar-refractivity contribution in [3.8, 4) is 5.75 Å². The van der Waals surface area contributed by atoms with E-state index >= 15 is 0 Å². The van der Waals surface area contributed by atoms with Crippen LogP contribution in [0.25, 0.3) is 0 Å². The van der Waals surface area contributed by atoms with Crippen molar-refractivity contribution in [2.24, 2.45) is 0 Å². The summed E-state index contributed by atoms with van der Waals surface area (Å²) in [5.74, 6) is 0.361. The Morgan fingerprint density at radius 3 is 2.29 bits per heavy atom. The number of carbonyl (C=O) groups is 2. The van der Waals surface area contributed by atoms with Crippen molar-refractivity contribution in [2.45, 2.75) is 39.8 Å². The minimum Gasteiger partial charge on any atom is -0.453 e. The number of nitrogens with zero attached hydrogens (tertiary/aromatic N) is 1. The summed E-state index contributed by atoms with van der Waals surface area (Å²) in [7, 11) is 1.28. The van der Waals surface area contributed by atoms with Crippen LogP contribution in [0.1, 0.15) is 27.7 Å². The molecule has 0 unspecified atom stereocenters. The van der Waals surface area contributed by atoms with Crippen LogP contribution in [0.4, 0.5) is 15.3 Å². The molecule has 6 nitrogen and oxygen atoms in total. The first kappa shape index (κ1) is 16.8. The van der Waals surface area contributed by atoms with Gasteiger partial charge in [0.2, 0.25) is 0 Å². The molecule has 0 radical (unpaired) electrons. The fourth-order valence-corrected chi connectivity index (χ4v) is 1.98. The fourth-order valence-electron chi connectivity index (χ4n) is 1.98. The predicted octanol–water partition coefficient (Wildman–Crippen LogP) is 3.48. The molecule has 0 bridgehead atoms. The summed E-state index contributed by atoms with van der Waals surface area (Å²) in [6.45, 7) is 7.71. The number of hydrogen-bond acceptors (Lipinski definition) is 4. The summed E-state index contributed by atoms with van der Waals surface area (Å²) in [5.41, 5.74) is 0.493. The average Bonchev–Trinajstić information content (AvgIpc) is 2.37. The van der Waals surface area contributed by atoms with Gasteiger partial charge in [-0.3, -0.25) is 5.32 Å². The van der Waals surface area contributed by atoms with Gasteiger partial charge in [0.05, 0.1) is 7.11 Å². The minimum absolute atomic E-state index is 0.0360. The second-order valence-corrected chi connectivity index (χ2v) is 5.11. The summed E-state index contributed by atoms with van der Waals surface area (Å²) < 4.78 is 9.86. The van der Waals surface area contributed by atoms with Crippen LogP contribution >= 0.6 is 0 Å². The van der Waals surface area contributed by atoms with E-state index in [0.717, 1.165) is 0 Å². The lowest BCUT2D eigenvalue weighted by atomic mass is 10.2. The van der Waals surface area contributed by atoms with E-state index in [9.17, 15) is 9.59 Å². The zero-order valence-electron chi connectivity index (χ0n) is 13.0. The number of carbonyl (C=O) groups excluding carboxylic acids is 2. The van der Waals surface area contributed by atoms with E-state index in [1.807, 2.05) is 27.7 Å². The third-order valence-electron chi connectivity index (χ3n) is 2.79. The molecule has 0 aliphatic carbocycles. The number of nitrogens with one attached hydrogen (secondary N) is 1. The van der Waals surface area contributed by atoms with Gasteiger partial charge in [-0.25, -0.2) is 9.59 Å². The number of hydrogen-bond donors (Lipinski definition) is 1. The Balaban J connectivity index is 2.80. The third kappa shape index (κ3) is 4.98. The molecule has 0 fully saturated rings. The van der Waals surface area contributed by atoms with Crippen molar-refractivity contribution in [1.29, 1.82) is 0 Å². The molecule has 2 amide bonds. The number of rotatable bonds is 4. The Bertz CT molecular complexity index is 492. The van der Waals surface area contributed by atoms with Gasteiger partial charge in [0.25, 0.3) is 0 Å². The maximum Gasteiger partial charge on any atom is 0.415 e. The molecular weight excluding hydrogens is 272 g/mol. The highest BCUT2D eigenvalue weighted by molar-refractivity contribution is 5.84. The molecule has 1 rings (SSSR count). The van der Waals surface area contributed by atoms with E-state index in [1.54, 1.807) is 29.2 Å². The van der Waals surface area contributed by atoms with Crippen LogP contribution in [0.15, 0.2) is 24.3 Å². The summed E-state index contributed by atoms with van der Waals surface area (Å²) >= 11 is 0. The molecule has 0 aliphatic rings. The van der Waals surface area contributed by atoms with Gasteiger partial charge in [-0.05, 0) is 39.8 Å². The van der Waals surface area contributed by atoms with Gasteiger partial charge in [0.1, 0.15) is 5.75 Å². The zero-order valence-corrected chi connectivity index (χ0v) is 13.0. The predicted molar refractivity (Wildman–Crippen MR) is 80.6 cm³/mol. The van der Waals surface area contributed by atoms with Crippen molar-refractivity contribution in [2.75, 3.05) is 12.4 Å². The minimum atomic E-state index is -0.579. The number of amides is 2. The van der Waals surface area contributed by atoms with Gasteiger partial charge < -0.3 is 14.4 Å². The van der Waals surface area contributed by atoms with Gasteiger partial charge >= 0.3 is 12.2 Å². The van der Waals surface area contributed by atoms with Crippen molar-refractivity contribution in [3.05, 3.63) is 24.3 Å². The normalized spacial score (nSPS) is 10.4. The lowest BCUT2D eigenvalue weighted by Gasteiger charge is -2.29. The highest BCUT2D eigenvalue weighted by Gasteiger charge is 2.22. The first-order valence-electron chi connectivity index (χ1n) is 6.80. The highest BCUT2D eigenvalue weighted by atomic mass is 16.6. The molecule has 1 aromatic rings. The molecular formula is C15H22N2O4. The first-order valence-corrected chi connectivity index (χ1v) is 6.80. The van der Waals surface area contributed by atoms with E-state index in [-0.39, 0.29) is 12.1 Å². The monoisotopic (exact) mass is 294 g/mol. The van der Waals surface area contributed by atoms with Crippen molar-refractivity contribution in [3.63, 3.8) is 0 Å². The number of anilines is 1. The Hall–Kier alpha value is -2.24. The average molecular weight is 294 g/mol. The van der Waals surface area contributed by atoms with Crippen LogP contribution in [0.3, 0.4) is 0 Å². The Morgan fingerprint density at radius 2 is 1.76 bits per heavy atom. The molecule has 21 heavy (non-hydrogen) atoms. The van der Waals surface area contributed by atoms with Gasteiger partial charge in [0.15, 0.2) is 0 Å². The largest absolute Gasteiger partial charge is 0.453 e. The fraction of sp³-hybridized carbons (Fsp3) is 0.467. The van der Waals surface area contributed by atoms with Crippen LogP contribution in [0.5, 0.6) is 5.75 Å². The van der Waals surface area contributed by atoms with Crippen molar-refractivity contribution >= 4 is 17.9 Å². The van der Waals surface area contributed by atoms with E-state index < -0.39 is 12.2 Å². The summed E-state index contributed by atoms with van der Waals surface area (Å²) in [4.78, 5) is 25.0. The standard InChI is InChI=1S/C15H22N2O4/c1-10(2)17(11(3)4)15(19)21-13-8-6-7-12(9-13)16-14(18)20-5/h6-11H,1-5H3,(H,16,18).